The number of piperazine rings is 1. The summed E-state index contributed by atoms with van der Waals surface area (Å²) < 4.78 is 52.4. The summed E-state index contributed by atoms with van der Waals surface area (Å²) in [6.07, 6.45) is 0. The van der Waals surface area contributed by atoms with Crippen LogP contribution in [0.3, 0.4) is 0 Å². The minimum atomic E-state index is -3.16. The van der Waals surface area contributed by atoms with E-state index in [1.165, 1.54) is 28.6 Å². The van der Waals surface area contributed by atoms with Crippen LogP contribution in [0, 0.1) is 11.6 Å². The molecule has 1 fully saturated rings. The monoisotopic (exact) mass is 395 g/mol. The Balaban J connectivity index is 1.64. The van der Waals surface area contributed by atoms with E-state index in [9.17, 15) is 17.2 Å². The van der Waals surface area contributed by atoms with Crippen LogP contribution >= 0.6 is 0 Å². The predicted octanol–water partition coefficient (Wildman–Crippen LogP) is 3.18. The number of sulfonamides is 1. The molecule has 8 heteroatoms. The Labute approximate surface area is 158 Å². The average Bonchev–Trinajstić information content (AvgIpc) is 2.64. The van der Waals surface area contributed by atoms with Gasteiger partial charge in [0.1, 0.15) is 11.6 Å². The summed E-state index contributed by atoms with van der Waals surface area (Å²) in [6.45, 7) is 4.30. The van der Waals surface area contributed by atoms with E-state index in [1.54, 1.807) is 19.1 Å². The highest BCUT2D eigenvalue weighted by Gasteiger charge is 2.25. The van der Waals surface area contributed by atoms with E-state index in [2.05, 4.69) is 10.2 Å². The Hall–Kier alpha value is -2.03. The van der Waals surface area contributed by atoms with Gasteiger partial charge in [-0.15, -0.1) is 0 Å². The fraction of sp³-hybridized carbons (Fsp3) is 0.368. The highest BCUT2D eigenvalue weighted by molar-refractivity contribution is 7.89. The third-order valence-corrected chi connectivity index (χ3v) is 6.47. The van der Waals surface area contributed by atoms with Gasteiger partial charge in [-0.2, -0.15) is 4.31 Å². The van der Waals surface area contributed by atoms with Gasteiger partial charge in [0.2, 0.25) is 10.0 Å². The number of rotatable bonds is 6. The van der Waals surface area contributed by atoms with Crippen molar-refractivity contribution in [1.82, 2.24) is 9.21 Å². The zero-order valence-electron chi connectivity index (χ0n) is 15.2. The van der Waals surface area contributed by atoms with Gasteiger partial charge in [-0.25, -0.2) is 17.2 Å². The summed E-state index contributed by atoms with van der Waals surface area (Å²) in [7, 11) is -3.16. The van der Waals surface area contributed by atoms with E-state index in [-0.39, 0.29) is 17.4 Å². The Morgan fingerprint density at radius 1 is 0.926 bits per heavy atom. The molecule has 1 aliphatic heterocycles. The van der Waals surface area contributed by atoms with Gasteiger partial charge in [-0.3, -0.25) is 4.90 Å². The number of halogens is 2. The van der Waals surface area contributed by atoms with E-state index in [1.807, 2.05) is 6.07 Å². The van der Waals surface area contributed by atoms with Crippen LogP contribution in [0.2, 0.25) is 0 Å². The molecule has 1 aliphatic rings. The van der Waals surface area contributed by atoms with Crippen molar-refractivity contribution in [2.45, 2.75) is 13.5 Å². The predicted molar refractivity (Wildman–Crippen MR) is 102 cm³/mol. The number of hydrogen-bond donors (Lipinski definition) is 1. The second kappa shape index (κ2) is 8.33. The molecule has 0 aliphatic carbocycles. The molecule has 0 saturated carbocycles. The van der Waals surface area contributed by atoms with Crippen molar-refractivity contribution in [3.63, 3.8) is 0 Å². The van der Waals surface area contributed by atoms with Gasteiger partial charge in [0.15, 0.2) is 0 Å². The molecule has 1 N–H and O–H groups in total. The first kappa shape index (κ1) is 19.7. The Kier molecular flexibility index (Phi) is 6.08. The molecule has 0 radical (unpaired) electrons. The molecule has 146 valence electrons. The van der Waals surface area contributed by atoms with E-state index < -0.39 is 10.0 Å². The molecular formula is C19H23F2N3O2S. The lowest BCUT2D eigenvalue weighted by molar-refractivity contribution is 0.181. The third kappa shape index (κ3) is 5.24. The lowest BCUT2D eigenvalue weighted by atomic mass is 10.1. The molecule has 0 bridgehead atoms. The second-order valence-corrected chi connectivity index (χ2v) is 8.81. The van der Waals surface area contributed by atoms with Gasteiger partial charge in [-0.1, -0.05) is 0 Å². The number of nitrogens with one attached hydrogen (secondary N) is 1. The number of anilines is 2. The zero-order valence-corrected chi connectivity index (χ0v) is 16.0. The lowest BCUT2D eigenvalue weighted by Crippen LogP contribution is -2.48. The van der Waals surface area contributed by atoms with Crippen molar-refractivity contribution < 1.29 is 17.2 Å². The van der Waals surface area contributed by atoms with Gasteiger partial charge < -0.3 is 5.32 Å². The molecular weight excluding hydrogens is 372 g/mol. The molecule has 0 unspecified atom stereocenters. The Morgan fingerprint density at radius 3 is 2.22 bits per heavy atom. The van der Waals surface area contributed by atoms with Crippen molar-refractivity contribution in [3.8, 4) is 0 Å². The van der Waals surface area contributed by atoms with Crippen molar-refractivity contribution in [3.05, 3.63) is 59.7 Å². The lowest BCUT2D eigenvalue weighted by Gasteiger charge is -2.33. The molecule has 1 heterocycles. The highest BCUT2D eigenvalue weighted by atomic mass is 32.2. The van der Waals surface area contributed by atoms with Crippen LogP contribution in [0.25, 0.3) is 0 Å². The fourth-order valence-corrected chi connectivity index (χ4v) is 4.21. The minimum absolute atomic E-state index is 0.106. The average molecular weight is 395 g/mol. The summed E-state index contributed by atoms with van der Waals surface area (Å²) in [6, 6.07) is 10.6. The van der Waals surface area contributed by atoms with Crippen LogP contribution in [-0.4, -0.2) is 49.6 Å². The minimum Gasteiger partial charge on any atom is -0.355 e. The fourth-order valence-electron chi connectivity index (χ4n) is 3.12. The summed E-state index contributed by atoms with van der Waals surface area (Å²) >= 11 is 0. The molecule has 27 heavy (non-hydrogen) atoms. The molecule has 3 rings (SSSR count). The van der Waals surface area contributed by atoms with Crippen LogP contribution in [0.4, 0.5) is 20.2 Å². The smallest absolute Gasteiger partial charge is 0.213 e. The highest BCUT2D eigenvalue weighted by Crippen LogP contribution is 2.21. The van der Waals surface area contributed by atoms with Crippen molar-refractivity contribution in [2.75, 3.05) is 37.2 Å². The summed E-state index contributed by atoms with van der Waals surface area (Å²) in [4.78, 5) is 2.11. The van der Waals surface area contributed by atoms with Crippen LogP contribution < -0.4 is 5.32 Å². The number of nitrogens with zero attached hydrogens (tertiary/aromatic N) is 2. The standard InChI is InChI=1S/C19H23F2N3O2S/c1-2-27(25,26)24-9-7-23(8-10-24)14-15-11-17(21)13-19(12-15)22-18-5-3-16(20)4-6-18/h3-6,11-13,22H,2,7-10,14H2,1H3. The molecule has 5 nitrogen and oxygen atoms in total. The molecule has 2 aromatic rings. The van der Waals surface area contributed by atoms with Gasteiger partial charge >= 0.3 is 0 Å². The third-order valence-electron chi connectivity index (χ3n) is 4.59. The van der Waals surface area contributed by atoms with Crippen LogP contribution in [0.1, 0.15) is 12.5 Å². The number of benzene rings is 2. The van der Waals surface area contributed by atoms with Gasteiger partial charge in [0.05, 0.1) is 5.75 Å². The summed E-state index contributed by atoms with van der Waals surface area (Å²) in [5.74, 6) is -0.580. The van der Waals surface area contributed by atoms with Gasteiger partial charge in [0, 0.05) is 44.1 Å². The first-order chi connectivity index (χ1) is 12.9. The van der Waals surface area contributed by atoms with Crippen LogP contribution in [-0.2, 0) is 16.6 Å². The zero-order chi connectivity index (χ0) is 19.4. The maximum absolute atomic E-state index is 14.0. The van der Waals surface area contributed by atoms with Crippen molar-refractivity contribution >= 4 is 21.4 Å². The number of hydrogen-bond acceptors (Lipinski definition) is 4. The van der Waals surface area contributed by atoms with E-state index in [4.69, 9.17) is 0 Å². The van der Waals surface area contributed by atoms with Crippen molar-refractivity contribution in [2.24, 2.45) is 0 Å². The Bertz CT molecular complexity index is 880. The summed E-state index contributed by atoms with van der Waals surface area (Å²) in [5.41, 5.74) is 2.06. The first-order valence-electron chi connectivity index (χ1n) is 8.88. The normalized spacial score (nSPS) is 16.4. The maximum Gasteiger partial charge on any atom is 0.213 e. The topological polar surface area (TPSA) is 52.7 Å². The first-order valence-corrected chi connectivity index (χ1v) is 10.5. The van der Waals surface area contributed by atoms with Crippen molar-refractivity contribution in [1.29, 1.82) is 0 Å². The van der Waals surface area contributed by atoms with Crippen LogP contribution in [0.5, 0.6) is 0 Å². The van der Waals surface area contributed by atoms with E-state index in [0.717, 1.165) is 5.56 Å². The second-order valence-electron chi connectivity index (χ2n) is 6.56. The molecule has 2 aromatic carbocycles. The molecule has 0 spiro atoms. The van der Waals surface area contributed by atoms with E-state index in [0.29, 0.717) is 44.1 Å². The largest absolute Gasteiger partial charge is 0.355 e. The van der Waals surface area contributed by atoms with Gasteiger partial charge in [0.25, 0.3) is 0 Å². The SMILES string of the molecule is CCS(=O)(=O)N1CCN(Cc2cc(F)cc(Nc3ccc(F)cc3)c2)CC1. The van der Waals surface area contributed by atoms with E-state index >= 15 is 0 Å². The Morgan fingerprint density at radius 2 is 1.59 bits per heavy atom. The van der Waals surface area contributed by atoms with Gasteiger partial charge in [-0.05, 0) is 55.0 Å². The molecule has 0 amide bonds. The quantitative estimate of drug-likeness (QED) is 0.816. The van der Waals surface area contributed by atoms with Crippen LogP contribution in [0.15, 0.2) is 42.5 Å². The maximum atomic E-state index is 14.0. The summed E-state index contributed by atoms with van der Waals surface area (Å²) in [5, 5.41) is 3.07. The molecule has 0 aromatic heterocycles. The molecule has 0 atom stereocenters. The molecule has 1 saturated heterocycles.